The van der Waals surface area contributed by atoms with Crippen LogP contribution in [0.4, 0.5) is 5.69 Å². The topological polar surface area (TPSA) is 54.2 Å². The summed E-state index contributed by atoms with van der Waals surface area (Å²) in [5, 5.41) is 4.81. The molecule has 3 N–H and O–H groups in total. The Morgan fingerprint density at radius 3 is 3.00 bits per heavy atom. The molecule has 0 amide bonds. The Bertz CT molecular complexity index is 648. The van der Waals surface area contributed by atoms with E-state index in [4.69, 9.17) is 5.73 Å². The summed E-state index contributed by atoms with van der Waals surface area (Å²) in [5.74, 6) is 0. The molecule has 112 valence electrons. The molecule has 5 heteroatoms. The van der Waals surface area contributed by atoms with Crippen molar-refractivity contribution in [1.82, 2.24) is 9.88 Å². The Hall–Kier alpha value is -1.17. The van der Waals surface area contributed by atoms with Crippen LogP contribution in [-0.2, 0) is 0 Å². The van der Waals surface area contributed by atoms with Gasteiger partial charge in [0.05, 0.1) is 16.7 Å². The van der Waals surface area contributed by atoms with E-state index < -0.39 is 0 Å². The quantitative estimate of drug-likeness (QED) is 0.895. The molecule has 0 bridgehead atoms. The van der Waals surface area contributed by atoms with Gasteiger partial charge < -0.3 is 16.0 Å². The highest BCUT2D eigenvalue weighted by atomic mass is 79.9. The van der Waals surface area contributed by atoms with Crippen molar-refractivity contribution in [2.75, 3.05) is 25.5 Å². The van der Waals surface area contributed by atoms with E-state index in [0.29, 0.717) is 12.6 Å². The van der Waals surface area contributed by atoms with Gasteiger partial charge in [-0.25, -0.2) is 0 Å². The number of benzene rings is 1. The van der Waals surface area contributed by atoms with E-state index in [-0.39, 0.29) is 5.54 Å². The number of nitrogens with zero attached hydrogens (tertiary/aromatic N) is 2. The van der Waals surface area contributed by atoms with Gasteiger partial charge in [0.1, 0.15) is 0 Å². The average Bonchev–Trinajstić information content (AvgIpc) is 2.74. The minimum atomic E-state index is -0.0722. The number of nitrogens with one attached hydrogen (secondary N) is 1. The lowest BCUT2D eigenvalue weighted by Crippen LogP contribution is -2.47. The summed E-state index contributed by atoms with van der Waals surface area (Å²) in [6, 6.07) is 8.86. The van der Waals surface area contributed by atoms with Crippen LogP contribution in [-0.4, -0.2) is 41.6 Å². The smallest absolute Gasteiger partial charge is 0.0934 e. The van der Waals surface area contributed by atoms with Crippen molar-refractivity contribution >= 4 is 32.5 Å². The fourth-order valence-corrected chi connectivity index (χ4v) is 3.58. The summed E-state index contributed by atoms with van der Waals surface area (Å²) in [4.78, 5) is 6.92. The van der Waals surface area contributed by atoms with Crippen LogP contribution in [0.25, 0.3) is 10.9 Å². The molecular weight excluding hydrogens is 328 g/mol. The van der Waals surface area contributed by atoms with Crippen LogP contribution in [0.15, 0.2) is 34.9 Å². The van der Waals surface area contributed by atoms with Crippen molar-refractivity contribution in [3.05, 3.63) is 34.9 Å². The van der Waals surface area contributed by atoms with Gasteiger partial charge >= 0.3 is 0 Å². The van der Waals surface area contributed by atoms with Gasteiger partial charge in [0.2, 0.25) is 0 Å². The minimum absolute atomic E-state index is 0.0722. The maximum Gasteiger partial charge on any atom is 0.0934 e. The van der Waals surface area contributed by atoms with Crippen LogP contribution in [0.1, 0.15) is 13.3 Å². The first-order valence-electron chi connectivity index (χ1n) is 7.26. The number of hydrogen-bond donors (Lipinski definition) is 2. The predicted octanol–water partition coefficient (Wildman–Crippen LogP) is 2.83. The lowest BCUT2D eigenvalue weighted by atomic mass is 9.95. The van der Waals surface area contributed by atoms with Gasteiger partial charge in [-0.3, -0.25) is 4.98 Å². The van der Waals surface area contributed by atoms with E-state index in [0.717, 1.165) is 34.0 Å². The van der Waals surface area contributed by atoms with Crippen LogP contribution in [0.3, 0.4) is 0 Å². The summed E-state index contributed by atoms with van der Waals surface area (Å²) in [5.41, 5.74) is 8.08. The molecule has 2 heterocycles. The zero-order valence-corrected chi connectivity index (χ0v) is 14.0. The molecular formula is C16H21BrN4. The lowest BCUT2D eigenvalue weighted by Gasteiger charge is -2.30. The third-order valence-corrected chi connectivity index (χ3v) is 4.89. The molecule has 1 aromatic carbocycles. The molecule has 2 atom stereocenters. The van der Waals surface area contributed by atoms with Gasteiger partial charge in [-0.1, -0.05) is 12.1 Å². The summed E-state index contributed by atoms with van der Waals surface area (Å²) in [7, 11) is 2.15. The molecule has 4 nitrogen and oxygen atoms in total. The first kappa shape index (κ1) is 14.8. The van der Waals surface area contributed by atoms with Crippen LogP contribution >= 0.6 is 15.9 Å². The monoisotopic (exact) mass is 348 g/mol. The highest BCUT2D eigenvalue weighted by Crippen LogP contribution is 2.32. The number of halogens is 1. The maximum atomic E-state index is 6.09. The summed E-state index contributed by atoms with van der Waals surface area (Å²) in [6.45, 7) is 3.82. The number of anilines is 1. The maximum absolute atomic E-state index is 6.09. The number of aromatic nitrogens is 1. The molecule has 0 aliphatic carbocycles. The predicted molar refractivity (Wildman–Crippen MR) is 91.6 cm³/mol. The normalized spacial score (nSPS) is 26.4. The molecule has 2 unspecified atom stereocenters. The van der Waals surface area contributed by atoms with Gasteiger partial charge in [-0.05, 0) is 48.5 Å². The molecule has 0 saturated carbocycles. The van der Waals surface area contributed by atoms with E-state index in [1.807, 2.05) is 6.20 Å². The lowest BCUT2D eigenvalue weighted by molar-refractivity contribution is 0.323. The molecule has 3 rings (SSSR count). The van der Waals surface area contributed by atoms with Crippen LogP contribution < -0.4 is 11.1 Å². The number of likely N-dealkylation sites (tertiary alicyclic amines) is 1. The summed E-state index contributed by atoms with van der Waals surface area (Å²) >= 11 is 3.48. The molecule has 1 aliphatic rings. The molecule has 1 fully saturated rings. The molecule has 1 aromatic heterocycles. The minimum Gasteiger partial charge on any atom is -0.375 e. The Morgan fingerprint density at radius 2 is 2.33 bits per heavy atom. The molecule has 2 aromatic rings. The third-order valence-electron chi connectivity index (χ3n) is 4.46. The van der Waals surface area contributed by atoms with Crippen LogP contribution in [0, 0.1) is 0 Å². The Morgan fingerprint density at radius 1 is 1.52 bits per heavy atom. The second kappa shape index (κ2) is 5.55. The zero-order chi connectivity index (χ0) is 15.0. The number of rotatable bonds is 3. The van der Waals surface area contributed by atoms with Crippen molar-refractivity contribution in [1.29, 1.82) is 0 Å². The Labute approximate surface area is 133 Å². The first-order chi connectivity index (χ1) is 10.0. The molecule has 0 spiro atoms. The van der Waals surface area contributed by atoms with Gasteiger partial charge in [0.25, 0.3) is 0 Å². The molecule has 0 radical (unpaired) electrons. The number of hydrogen-bond acceptors (Lipinski definition) is 4. The number of nitrogens with two attached hydrogens (primary N) is 1. The zero-order valence-electron chi connectivity index (χ0n) is 12.4. The second-order valence-corrected chi connectivity index (χ2v) is 7.02. The number of fused-ring (bicyclic) bond motifs is 1. The molecule has 21 heavy (non-hydrogen) atoms. The number of likely N-dealkylation sites (N-methyl/N-ethyl adjacent to an activating group) is 1. The van der Waals surface area contributed by atoms with Gasteiger partial charge in [-0.2, -0.15) is 0 Å². The van der Waals surface area contributed by atoms with Gasteiger partial charge in [-0.15, -0.1) is 0 Å². The third kappa shape index (κ3) is 2.78. The van der Waals surface area contributed by atoms with Crippen molar-refractivity contribution in [2.45, 2.75) is 24.9 Å². The number of pyridine rings is 1. The summed E-state index contributed by atoms with van der Waals surface area (Å²) in [6.07, 6.45) is 2.89. The summed E-state index contributed by atoms with van der Waals surface area (Å²) < 4.78 is 0.995. The molecule has 1 aliphatic heterocycles. The standard InChI is InChI=1S/C16H21BrN4/c1-11-7-16(9-18,10-21(11)2)20-14-5-3-4-12-6-13(17)8-19-15(12)14/h3-6,8,11,20H,7,9-10,18H2,1-2H3. The van der Waals surface area contributed by atoms with E-state index in [2.05, 4.69) is 69.4 Å². The van der Waals surface area contributed by atoms with E-state index >= 15 is 0 Å². The van der Waals surface area contributed by atoms with E-state index in [1.54, 1.807) is 0 Å². The van der Waals surface area contributed by atoms with Crippen molar-refractivity contribution in [3.63, 3.8) is 0 Å². The Balaban J connectivity index is 1.98. The fraction of sp³-hybridized carbons (Fsp3) is 0.438. The highest BCUT2D eigenvalue weighted by Gasteiger charge is 2.39. The van der Waals surface area contributed by atoms with E-state index in [1.165, 1.54) is 0 Å². The largest absolute Gasteiger partial charge is 0.375 e. The second-order valence-electron chi connectivity index (χ2n) is 6.11. The van der Waals surface area contributed by atoms with Gasteiger partial charge in [0.15, 0.2) is 0 Å². The number of para-hydroxylation sites is 1. The van der Waals surface area contributed by atoms with Gasteiger partial charge in [0, 0.05) is 35.2 Å². The van der Waals surface area contributed by atoms with Crippen molar-refractivity contribution in [3.8, 4) is 0 Å². The average molecular weight is 349 g/mol. The first-order valence-corrected chi connectivity index (χ1v) is 8.05. The van der Waals surface area contributed by atoms with Crippen LogP contribution in [0.2, 0.25) is 0 Å². The van der Waals surface area contributed by atoms with Crippen molar-refractivity contribution < 1.29 is 0 Å². The fourth-order valence-electron chi connectivity index (χ4n) is 3.23. The van der Waals surface area contributed by atoms with Crippen molar-refractivity contribution in [2.24, 2.45) is 5.73 Å². The van der Waals surface area contributed by atoms with E-state index in [9.17, 15) is 0 Å². The molecule has 1 saturated heterocycles. The highest BCUT2D eigenvalue weighted by molar-refractivity contribution is 9.10. The Kier molecular flexibility index (Phi) is 3.90. The SMILES string of the molecule is CC1CC(CN)(Nc2cccc3cc(Br)cnc23)CN1C. The van der Waals surface area contributed by atoms with Crippen LogP contribution in [0.5, 0.6) is 0 Å².